The van der Waals surface area contributed by atoms with E-state index in [0.29, 0.717) is 36.9 Å². The molecule has 3 fully saturated rings. The fourth-order valence-electron chi connectivity index (χ4n) is 10.5. The standard InChI is InChI=1S/C48H50N8O7/c1-25(2)40(54-48(61)62-3)46(58)56-36-12-7-11-29(36)21-38(56)44-50-34-17-15-27-20-33-31-16-14-28(19-30(31)24-63-39(33)22-32(27)42(34)52-44)35-23-49-43(51-35)37-13-8-18-55(37)45(57)41(53-47(59)60)26-9-5-4-6-10-26/h4-6,9-10,14-17,19-20,22-23,25,29,36-38,40-41,53H,7-8,11-13,18,21,24H2,1-3H3,(H,49,51)(H,50,52)(H,54,61)(H,59,60)/t29-,36-,37?,38-,40-,41+/m0/s1. The van der Waals surface area contributed by atoms with Gasteiger partial charge >= 0.3 is 12.2 Å². The number of benzene rings is 4. The molecule has 5 heterocycles. The van der Waals surface area contributed by atoms with E-state index in [1.165, 1.54) is 7.11 Å². The second-order valence-corrected chi connectivity index (χ2v) is 17.6. The average molecular weight is 851 g/mol. The number of alkyl carbamates (subject to hydrolysis) is 1. The molecule has 1 saturated carbocycles. The molecule has 2 aromatic heterocycles. The van der Waals surface area contributed by atoms with Gasteiger partial charge in [0.25, 0.3) is 5.91 Å². The first kappa shape index (κ1) is 40.2. The predicted molar refractivity (Wildman–Crippen MR) is 234 cm³/mol. The molecule has 3 aliphatic heterocycles. The van der Waals surface area contributed by atoms with Crippen molar-refractivity contribution in [3.05, 3.63) is 102 Å². The molecule has 1 aliphatic carbocycles. The Bertz CT molecular complexity index is 2770. The Morgan fingerprint density at radius 3 is 2.52 bits per heavy atom. The van der Waals surface area contributed by atoms with E-state index in [4.69, 9.17) is 19.4 Å². The van der Waals surface area contributed by atoms with Crippen molar-refractivity contribution in [1.29, 1.82) is 0 Å². The third kappa shape index (κ3) is 7.18. The topological polar surface area (TPSA) is 195 Å². The highest BCUT2D eigenvalue weighted by Gasteiger charge is 2.49. The van der Waals surface area contributed by atoms with Gasteiger partial charge in [-0.3, -0.25) is 9.59 Å². The number of fused-ring (bicyclic) bond motifs is 7. The predicted octanol–water partition coefficient (Wildman–Crippen LogP) is 8.16. The number of ether oxygens (including phenoxy) is 2. The number of carbonyl (C=O) groups is 4. The smallest absolute Gasteiger partial charge is 0.407 e. The summed E-state index contributed by atoms with van der Waals surface area (Å²) in [6.45, 7) is 4.73. The van der Waals surface area contributed by atoms with Crippen LogP contribution >= 0.6 is 0 Å². The van der Waals surface area contributed by atoms with E-state index in [0.717, 1.165) is 93.4 Å². The number of aromatic nitrogens is 4. The van der Waals surface area contributed by atoms with Crippen LogP contribution in [0.25, 0.3) is 44.2 Å². The highest BCUT2D eigenvalue weighted by atomic mass is 16.5. The Balaban J connectivity index is 0.910. The van der Waals surface area contributed by atoms with Gasteiger partial charge < -0.3 is 45.0 Å². The number of hydrogen-bond acceptors (Lipinski definition) is 8. The van der Waals surface area contributed by atoms with Crippen molar-refractivity contribution in [3.63, 3.8) is 0 Å². The average Bonchev–Trinajstić information content (AvgIpc) is 4.14. The molecule has 63 heavy (non-hydrogen) atoms. The van der Waals surface area contributed by atoms with Crippen LogP contribution in [0, 0.1) is 11.8 Å². The minimum Gasteiger partial charge on any atom is -0.488 e. The van der Waals surface area contributed by atoms with Crippen LogP contribution in [-0.4, -0.2) is 84.6 Å². The number of amides is 4. The lowest BCUT2D eigenvalue weighted by Gasteiger charge is -2.33. The molecule has 324 valence electrons. The molecule has 15 heteroatoms. The number of nitrogens with one attached hydrogen (secondary N) is 4. The molecule has 15 nitrogen and oxygen atoms in total. The van der Waals surface area contributed by atoms with Crippen molar-refractivity contribution in [1.82, 2.24) is 40.4 Å². The maximum atomic E-state index is 14.3. The van der Waals surface area contributed by atoms with Gasteiger partial charge in [-0.05, 0) is 95.8 Å². The zero-order valence-corrected chi connectivity index (χ0v) is 35.4. The summed E-state index contributed by atoms with van der Waals surface area (Å²) in [6, 6.07) is 21.3. The van der Waals surface area contributed by atoms with Gasteiger partial charge in [0.2, 0.25) is 5.91 Å². The third-order valence-corrected chi connectivity index (χ3v) is 13.6. The van der Waals surface area contributed by atoms with Crippen LogP contribution in [0.3, 0.4) is 0 Å². The van der Waals surface area contributed by atoms with Gasteiger partial charge in [0.1, 0.15) is 36.1 Å². The van der Waals surface area contributed by atoms with E-state index in [1.807, 2.05) is 30.9 Å². The zero-order chi connectivity index (χ0) is 43.5. The highest BCUT2D eigenvalue weighted by molar-refractivity contribution is 6.07. The maximum Gasteiger partial charge on any atom is 0.407 e. The van der Waals surface area contributed by atoms with E-state index in [-0.39, 0.29) is 35.9 Å². The van der Waals surface area contributed by atoms with Crippen molar-refractivity contribution in [3.8, 4) is 28.1 Å². The van der Waals surface area contributed by atoms with Crippen LogP contribution in [0.2, 0.25) is 0 Å². The fraction of sp³-hybridized carbons (Fsp3) is 0.375. The van der Waals surface area contributed by atoms with E-state index in [2.05, 4.69) is 57.0 Å². The molecule has 6 aromatic rings. The SMILES string of the molecule is COC(=O)N[C@H](C(=O)N1[C@H](c2nc3ccc4cc5c(cc4c3[nH]2)OCc2cc(-c3cnc(C4CCCN4C(=O)[C@H](NC(=O)O)c4ccccc4)[nH]3)ccc2-5)C[C@@H]2CCC[C@@H]21)C(C)C. The minimum atomic E-state index is -1.26. The molecule has 4 amide bonds. The van der Waals surface area contributed by atoms with Gasteiger partial charge in [-0.1, -0.05) is 68.8 Å². The number of carbonyl (C=O) groups excluding carboxylic acids is 3. The van der Waals surface area contributed by atoms with E-state index in [9.17, 15) is 24.3 Å². The number of nitrogens with zero attached hydrogens (tertiary/aromatic N) is 4. The summed E-state index contributed by atoms with van der Waals surface area (Å²) in [7, 11) is 1.31. The molecule has 2 saturated heterocycles. The first-order chi connectivity index (χ1) is 30.6. The number of hydrogen-bond donors (Lipinski definition) is 5. The Labute approximate surface area is 363 Å². The molecular formula is C48H50N8O7. The van der Waals surface area contributed by atoms with Crippen LogP contribution in [0.4, 0.5) is 9.59 Å². The molecule has 4 aromatic carbocycles. The van der Waals surface area contributed by atoms with Gasteiger partial charge in [0, 0.05) is 23.5 Å². The number of aromatic amines is 2. The monoisotopic (exact) mass is 850 g/mol. The Morgan fingerprint density at radius 2 is 1.73 bits per heavy atom. The number of carboxylic acid groups (broad SMARTS) is 1. The van der Waals surface area contributed by atoms with Gasteiger partial charge in [0.15, 0.2) is 0 Å². The molecular weight excluding hydrogens is 801 g/mol. The number of H-pyrrole nitrogens is 2. The fourth-order valence-corrected chi connectivity index (χ4v) is 10.5. The van der Waals surface area contributed by atoms with Crippen LogP contribution in [0.1, 0.15) is 93.3 Å². The first-order valence-corrected chi connectivity index (χ1v) is 21.9. The molecule has 0 radical (unpaired) electrons. The van der Waals surface area contributed by atoms with Crippen molar-refractivity contribution >= 4 is 45.8 Å². The molecule has 1 unspecified atom stereocenters. The molecule has 5 N–H and O–H groups in total. The first-order valence-electron chi connectivity index (χ1n) is 21.9. The zero-order valence-electron chi connectivity index (χ0n) is 35.4. The summed E-state index contributed by atoms with van der Waals surface area (Å²) in [5, 5.41) is 16.8. The normalized spacial score (nSPS) is 21.1. The number of rotatable bonds is 9. The lowest BCUT2D eigenvalue weighted by molar-refractivity contribution is -0.138. The maximum absolute atomic E-state index is 14.3. The Morgan fingerprint density at radius 1 is 0.889 bits per heavy atom. The van der Waals surface area contributed by atoms with Gasteiger partial charge in [0.05, 0.1) is 42.1 Å². The molecule has 6 atom stereocenters. The van der Waals surface area contributed by atoms with Gasteiger partial charge in [-0.15, -0.1) is 0 Å². The third-order valence-electron chi connectivity index (χ3n) is 13.6. The summed E-state index contributed by atoms with van der Waals surface area (Å²) in [5.41, 5.74) is 7.11. The summed E-state index contributed by atoms with van der Waals surface area (Å²) >= 11 is 0. The van der Waals surface area contributed by atoms with E-state index < -0.39 is 24.3 Å². The van der Waals surface area contributed by atoms with Crippen molar-refractivity contribution in [2.75, 3.05) is 13.7 Å². The number of methoxy groups -OCH3 is 1. The van der Waals surface area contributed by atoms with Crippen molar-refractivity contribution in [2.45, 2.75) is 89.2 Å². The molecule has 0 spiro atoms. The highest BCUT2D eigenvalue weighted by Crippen LogP contribution is 2.49. The number of imidazole rings is 2. The van der Waals surface area contributed by atoms with Crippen LogP contribution < -0.4 is 15.4 Å². The quantitative estimate of drug-likeness (QED) is 0.0954. The number of likely N-dealkylation sites (tertiary alicyclic amines) is 2. The summed E-state index contributed by atoms with van der Waals surface area (Å²) < 4.78 is 11.3. The second-order valence-electron chi connectivity index (χ2n) is 17.6. The van der Waals surface area contributed by atoms with Crippen LogP contribution in [0.5, 0.6) is 5.75 Å². The van der Waals surface area contributed by atoms with Crippen LogP contribution in [-0.2, 0) is 20.9 Å². The summed E-state index contributed by atoms with van der Waals surface area (Å²) in [5.74, 6) is 2.01. The summed E-state index contributed by atoms with van der Waals surface area (Å²) in [6.07, 6.45) is 5.26. The Hall–Kier alpha value is -6.90. The van der Waals surface area contributed by atoms with E-state index in [1.54, 1.807) is 35.4 Å². The largest absolute Gasteiger partial charge is 0.488 e. The van der Waals surface area contributed by atoms with Crippen molar-refractivity contribution in [2.24, 2.45) is 11.8 Å². The lowest BCUT2D eigenvalue weighted by atomic mass is 9.92. The Kier molecular flexibility index (Phi) is 10.3. The molecule has 4 aliphatic rings. The second kappa shape index (κ2) is 16.1. The van der Waals surface area contributed by atoms with Gasteiger partial charge in [-0.25, -0.2) is 19.6 Å². The molecule has 10 rings (SSSR count). The lowest BCUT2D eigenvalue weighted by Crippen LogP contribution is -2.53. The van der Waals surface area contributed by atoms with Gasteiger partial charge in [-0.2, -0.15) is 0 Å². The van der Waals surface area contributed by atoms with Crippen LogP contribution in [0.15, 0.2) is 79.0 Å². The van der Waals surface area contributed by atoms with E-state index >= 15 is 0 Å². The minimum absolute atomic E-state index is 0.0979. The molecule has 0 bridgehead atoms. The van der Waals surface area contributed by atoms with Crippen molar-refractivity contribution < 1.29 is 33.8 Å². The summed E-state index contributed by atoms with van der Waals surface area (Å²) in [4.78, 5) is 72.8.